The molecule has 0 bridgehead atoms. The zero-order valence-electron chi connectivity index (χ0n) is 23.1. The summed E-state index contributed by atoms with van der Waals surface area (Å²) in [4.78, 5) is 35.2. The SMILES string of the molecule is CC(C)(C)OC(=O)N1CCN(Cc2csc3nc(-c4ccccc4NC(=O)c4ccc(B(O)[OH2+])cc4Cl)cn23)CC1. The summed E-state index contributed by atoms with van der Waals surface area (Å²) in [6, 6.07) is 11.9. The highest BCUT2D eigenvalue weighted by molar-refractivity contribution is 7.15. The van der Waals surface area contributed by atoms with E-state index in [4.69, 9.17) is 26.3 Å². The van der Waals surface area contributed by atoms with Gasteiger partial charge in [0.1, 0.15) is 5.60 Å². The summed E-state index contributed by atoms with van der Waals surface area (Å²) in [6.07, 6.45) is 1.70. The normalized spacial score (nSPS) is 14.3. The van der Waals surface area contributed by atoms with Crippen molar-refractivity contribution in [2.24, 2.45) is 0 Å². The van der Waals surface area contributed by atoms with Crippen LogP contribution >= 0.6 is 22.9 Å². The second kappa shape index (κ2) is 11.8. The van der Waals surface area contributed by atoms with Crippen molar-refractivity contribution < 1.29 is 24.4 Å². The largest absolute Gasteiger partial charge is 0.727 e. The molecule has 0 unspecified atom stereocenters. The number of thiazole rings is 1. The lowest BCUT2D eigenvalue weighted by molar-refractivity contribution is 0.0138. The summed E-state index contributed by atoms with van der Waals surface area (Å²) < 4.78 is 7.58. The molecule has 1 saturated heterocycles. The number of piperazine rings is 1. The summed E-state index contributed by atoms with van der Waals surface area (Å²) in [6.45, 7) is 9.05. The molecule has 2 aromatic heterocycles. The first-order valence-corrected chi connectivity index (χ1v) is 14.5. The van der Waals surface area contributed by atoms with Crippen LogP contribution in [0.1, 0.15) is 36.8 Å². The number of hydrogen-bond acceptors (Lipinski definition) is 7. The van der Waals surface area contributed by atoms with Crippen LogP contribution in [0, 0.1) is 0 Å². The van der Waals surface area contributed by atoms with Crippen molar-refractivity contribution in [1.82, 2.24) is 19.2 Å². The van der Waals surface area contributed by atoms with Crippen molar-refractivity contribution in [3.05, 3.63) is 70.3 Å². The molecular formula is C28H32BClN5O5S+. The fourth-order valence-electron chi connectivity index (χ4n) is 4.61. The first-order valence-electron chi connectivity index (χ1n) is 13.2. The van der Waals surface area contributed by atoms with E-state index in [-0.39, 0.29) is 16.7 Å². The number of nitrogens with zero attached hydrogens (tertiary/aromatic N) is 4. The van der Waals surface area contributed by atoms with Gasteiger partial charge in [-0.2, -0.15) is 0 Å². The zero-order valence-corrected chi connectivity index (χ0v) is 24.6. The van der Waals surface area contributed by atoms with Crippen molar-refractivity contribution in [2.45, 2.75) is 32.9 Å². The number of ether oxygens (including phenoxy) is 1. The minimum absolute atomic E-state index is 0.155. The van der Waals surface area contributed by atoms with Crippen molar-refractivity contribution in [1.29, 1.82) is 0 Å². The van der Waals surface area contributed by atoms with Gasteiger partial charge in [0, 0.05) is 55.6 Å². The Kier molecular flexibility index (Phi) is 8.39. The number of para-hydroxylation sites is 1. The number of anilines is 1. The highest BCUT2D eigenvalue weighted by Crippen LogP contribution is 2.30. The van der Waals surface area contributed by atoms with Crippen LogP contribution < -0.4 is 10.8 Å². The number of rotatable bonds is 6. The smallest absolute Gasteiger partial charge is 0.522 e. The van der Waals surface area contributed by atoms with Crippen LogP contribution in [0.15, 0.2) is 54.0 Å². The topological polar surface area (TPSA) is 122 Å². The Balaban J connectivity index is 1.29. The lowest BCUT2D eigenvalue weighted by Gasteiger charge is -2.35. The maximum Gasteiger partial charge on any atom is 0.727 e. The number of carbonyl (C=O) groups is 2. The van der Waals surface area contributed by atoms with Gasteiger partial charge in [0.2, 0.25) is 0 Å². The van der Waals surface area contributed by atoms with E-state index in [2.05, 4.69) is 20.0 Å². The third-order valence-electron chi connectivity index (χ3n) is 6.70. The van der Waals surface area contributed by atoms with E-state index in [9.17, 15) is 14.6 Å². The summed E-state index contributed by atoms with van der Waals surface area (Å²) in [5.74, 6) is -0.402. The van der Waals surface area contributed by atoms with Crippen LogP contribution in [-0.2, 0) is 11.3 Å². The first kappa shape index (κ1) is 29.1. The minimum Gasteiger partial charge on any atom is -0.522 e. The van der Waals surface area contributed by atoms with E-state index in [1.165, 1.54) is 18.2 Å². The Morgan fingerprint density at radius 1 is 1.17 bits per heavy atom. The van der Waals surface area contributed by atoms with Crippen LogP contribution in [-0.4, -0.2) is 80.1 Å². The van der Waals surface area contributed by atoms with Gasteiger partial charge in [-0.1, -0.05) is 35.9 Å². The molecule has 2 aromatic carbocycles. The van der Waals surface area contributed by atoms with Gasteiger partial charge in [0.15, 0.2) is 4.96 Å². The molecule has 3 heterocycles. The number of hydrogen-bond donors (Lipinski definition) is 2. The molecule has 4 aromatic rings. The van der Waals surface area contributed by atoms with E-state index in [0.717, 1.165) is 41.5 Å². The van der Waals surface area contributed by atoms with Gasteiger partial charge >= 0.3 is 13.2 Å². The maximum atomic E-state index is 13.1. The number of imidazole rings is 1. The van der Waals surface area contributed by atoms with Crippen molar-refractivity contribution in [3.63, 3.8) is 0 Å². The summed E-state index contributed by atoms with van der Waals surface area (Å²) in [5, 5.41) is 22.1. The summed E-state index contributed by atoms with van der Waals surface area (Å²) in [5.41, 5.74) is 3.22. The zero-order chi connectivity index (χ0) is 29.3. The molecule has 5 rings (SSSR count). The average molecular weight is 597 g/mol. The number of halogens is 1. The number of aromatic nitrogens is 2. The van der Waals surface area contributed by atoms with Gasteiger partial charge in [-0.25, -0.2) is 9.78 Å². The summed E-state index contributed by atoms with van der Waals surface area (Å²) >= 11 is 7.83. The maximum absolute atomic E-state index is 13.1. The highest BCUT2D eigenvalue weighted by Gasteiger charge is 2.27. The van der Waals surface area contributed by atoms with Gasteiger partial charge in [0.25, 0.3) is 5.91 Å². The molecule has 41 heavy (non-hydrogen) atoms. The number of nitrogens with one attached hydrogen (secondary N) is 1. The van der Waals surface area contributed by atoms with Gasteiger partial charge in [-0.15, -0.1) is 11.3 Å². The lowest BCUT2D eigenvalue weighted by Crippen LogP contribution is -2.49. The number of benzene rings is 2. The molecular weight excluding hydrogens is 565 g/mol. The Morgan fingerprint density at radius 3 is 2.59 bits per heavy atom. The number of carbonyl (C=O) groups excluding carboxylic acids is 2. The van der Waals surface area contributed by atoms with Crippen molar-refractivity contribution in [2.75, 3.05) is 31.5 Å². The molecule has 13 heteroatoms. The van der Waals surface area contributed by atoms with Crippen LogP contribution in [0.25, 0.3) is 16.2 Å². The third-order valence-corrected chi connectivity index (χ3v) is 7.90. The Bertz CT molecular complexity index is 1580. The predicted octanol–water partition coefficient (Wildman–Crippen LogP) is 3.43. The number of amides is 2. The van der Waals surface area contributed by atoms with E-state index >= 15 is 0 Å². The van der Waals surface area contributed by atoms with Crippen LogP contribution in [0.2, 0.25) is 5.02 Å². The Morgan fingerprint density at radius 2 is 1.90 bits per heavy atom. The van der Waals surface area contributed by atoms with E-state index in [0.29, 0.717) is 24.2 Å². The van der Waals surface area contributed by atoms with E-state index in [1.807, 2.05) is 51.2 Å². The summed E-state index contributed by atoms with van der Waals surface area (Å²) in [7, 11) is -1.42. The first-order chi connectivity index (χ1) is 19.5. The Hall–Kier alpha value is -3.42. The molecule has 1 aliphatic heterocycles. The second-order valence-corrected chi connectivity index (χ2v) is 12.1. The van der Waals surface area contributed by atoms with Crippen LogP contribution in [0.5, 0.6) is 0 Å². The second-order valence-electron chi connectivity index (χ2n) is 10.9. The minimum atomic E-state index is -1.42. The van der Waals surface area contributed by atoms with Crippen molar-refractivity contribution in [3.8, 4) is 11.3 Å². The molecule has 0 aliphatic carbocycles. The molecule has 0 atom stereocenters. The number of fused-ring (bicyclic) bond motifs is 1. The Labute approximate surface area is 247 Å². The highest BCUT2D eigenvalue weighted by atomic mass is 35.5. The van der Waals surface area contributed by atoms with E-state index < -0.39 is 18.6 Å². The predicted molar refractivity (Wildman–Crippen MR) is 162 cm³/mol. The molecule has 4 N–H and O–H groups in total. The van der Waals surface area contributed by atoms with Crippen LogP contribution in [0.4, 0.5) is 10.5 Å². The average Bonchev–Trinajstić information content (AvgIpc) is 3.50. The fraction of sp³-hybridized carbons (Fsp3) is 0.321. The standard InChI is InChI=1S/C28H31BClN5O5S/c1-28(2,3)40-27(37)34-12-10-33(11-13-34)15-19-17-41-26-32-24(16-35(19)26)21-6-4-5-7-23(21)31-25(36)20-9-8-18(29(38)39)14-22(20)30/h4-9,14,16-17,38-39H,10-13,15H2,1-3H3,(H,31,36)/p+1. The molecule has 0 radical (unpaired) electrons. The van der Waals surface area contributed by atoms with Crippen molar-refractivity contribution >= 4 is 58.2 Å². The monoisotopic (exact) mass is 596 g/mol. The molecule has 214 valence electrons. The molecule has 1 fully saturated rings. The molecule has 1 aliphatic rings. The molecule has 0 spiro atoms. The molecule has 2 amide bonds. The fourth-order valence-corrected chi connectivity index (χ4v) is 5.75. The molecule has 0 saturated carbocycles. The van der Waals surface area contributed by atoms with E-state index in [1.54, 1.807) is 16.2 Å². The van der Waals surface area contributed by atoms with Gasteiger partial charge < -0.3 is 25.0 Å². The van der Waals surface area contributed by atoms with Crippen LogP contribution in [0.3, 0.4) is 0 Å². The van der Waals surface area contributed by atoms with Gasteiger partial charge in [-0.05, 0) is 39.0 Å². The van der Waals surface area contributed by atoms with Gasteiger partial charge in [-0.3, -0.25) is 14.1 Å². The molecule has 10 nitrogen and oxygen atoms in total. The third kappa shape index (κ3) is 6.74. The quantitative estimate of drug-likeness (QED) is 0.260. The van der Waals surface area contributed by atoms with Gasteiger partial charge in [0.05, 0.1) is 27.4 Å². The lowest BCUT2D eigenvalue weighted by atomic mass is 9.80.